The van der Waals surface area contributed by atoms with Gasteiger partial charge in [-0.1, -0.05) is 12.1 Å². The van der Waals surface area contributed by atoms with Crippen molar-refractivity contribution < 1.29 is 13.9 Å². The van der Waals surface area contributed by atoms with Crippen molar-refractivity contribution in [1.82, 2.24) is 4.90 Å². The molecule has 0 atom stereocenters. The summed E-state index contributed by atoms with van der Waals surface area (Å²) in [6.07, 6.45) is 1.73. The van der Waals surface area contributed by atoms with Crippen LogP contribution < -0.4 is 10.1 Å². The molecule has 1 heterocycles. The molecule has 5 heteroatoms. The Morgan fingerprint density at radius 2 is 1.79 bits per heavy atom. The Morgan fingerprint density at radius 1 is 1.12 bits per heavy atom. The van der Waals surface area contributed by atoms with E-state index < -0.39 is 0 Å². The highest BCUT2D eigenvalue weighted by Crippen LogP contribution is 2.26. The van der Waals surface area contributed by atoms with Gasteiger partial charge >= 0.3 is 0 Å². The van der Waals surface area contributed by atoms with E-state index in [0.717, 1.165) is 24.3 Å². The molecule has 1 fully saturated rings. The molecule has 1 N–H and O–H groups in total. The van der Waals surface area contributed by atoms with E-state index in [1.807, 2.05) is 29.2 Å². The number of para-hydroxylation sites is 2. The molecule has 0 aromatic heterocycles. The number of ether oxygens (including phenoxy) is 1. The average molecular weight is 328 g/mol. The molecule has 0 spiro atoms. The summed E-state index contributed by atoms with van der Waals surface area (Å²) in [5.74, 6) is 0.458. The summed E-state index contributed by atoms with van der Waals surface area (Å²) in [6.45, 7) is 1.37. The zero-order valence-corrected chi connectivity index (χ0v) is 13.7. The number of nitrogens with one attached hydrogen (secondary N) is 1. The summed E-state index contributed by atoms with van der Waals surface area (Å²) < 4.78 is 18.3. The van der Waals surface area contributed by atoms with Crippen LogP contribution in [0.2, 0.25) is 0 Å². The molecule has 2 aromatic carbocycles. The van der Waals surface area contributed by atoms with Crippen LogP contribution in [0.3, 0.4) is 0 Å². The van der Waals surface area contributed by atoms with E-state index in [0.29, 0.717) is 24.7 Å². The first kappa shape index (κ1) is 16.3. The maximum absolute atomic E-state index is 13.0. The number of likely N-dealkylation sites (tertiary alicyclic amines) is 1. The van der Waals surface area contributed by atoms with Gasteiger partial charge in [0, 0.05) is 24.7 Å². The van der Waals surface area contributed by atoms with Crippen molar-refractivity contribution in [3.05, 3.63) is 59.9 Å². The van der Waals surface area contributed by atoms with Crippen LogP contribution in [-0.4, -0.2) is 37.0 Å². The molecular formula is C19H21FN2O2. The first-order valence-corrected chi connectivity index (χ1v) is 8.12. The molecule has 1 saturated heterocycles. The van der Waals surface area contributed by atoms with E-state index in [-0.39, 0.29) is 11.7 Å². The highest BCUT2D eigenvalue weighted by atomic mass is 19.1. The fraction of sp³-hybridized carbons (Fsp3) is 0.316. The summed E-state index contributed by atoms with van der Waals surface area (Å²) >= 11 is 0. The molecule has 0 saturated carbocycles. The van der Waals surface area contributed by atoms with Gasteiger partial charge in [-0.25, -0.2) is 4.39 Å². The normalized spacial score (nSPS) is 15.2. The third-order valence-corrected chi connectivity index (χ3v) is 4.34. The van der Waals surface area contributed by atoms with Gasteiger partial charge in [-0.3, -0.25) is 4.79 Å². The first-order valence-electron chi connectivity index (χ1n) is 8.12. The first-order chi connectivity index (χ1) is 11.7. The number of amides is 1. The average Bonchev–Trinajstić information content (AvgIpc) is 2.63. The Hall–Kier alpha value is -2.56. The zero-order valence-electron chi connectivity index (χ0n) is 13.7. The van der Waals surface area contributed by atoms with Crippen molar-refractivity contribution in [2.75, 3.05) is 25.5 Å². The molecule has 0 bridgehead atoms. The van der Waals surface area contributed by atoms with Gasteiger partial charge < -0.3 is 15.0 Å². The Balaban J connectivity index is 1.57. The number of hydrogen-bond acceptors (Lipinski definition) is 3. The van der Waals surface area contributed by atoms with E-state index in [1.54, 1.807) is 7.11 Å². The largest absolute Gasteiger partial charge is 0.495 e. The number of hydrogen-bond donors (Lipinski definition) is 1. The van der Waals surface area contributed by atoms with Crippen molar-refractivity contribution in [3.63, 3.8) is 0 Å². The number of nitrogens with zero attached hydrogens (tertiary/aromatic N) is 1. The lowest BCUT2D eigenvalue weighted by Gasteiger charge is -2.33. The van der Waals surface area contributed by atoms with Crippen LogP contribution in [-0.2, 0) is 0 Å². The molecule has 0 unspecified atom stereocenters. The van der Waals surface area contributed by atoms with Crippen LogP contribution in [0.4, 0.5) is 10.1 Å². The maximum Gasteiger partial charge on any atom is 0.253 e. The lowest BCUT2D eigenvalue weighted by atomic mass is 10.0. The molecule has 1 aliphatic rings. The minimum absolute atomic E-state index is 0.0364. The Kier molecular flexibility index (Phi) is 4.99. The molecule has 1 aliphatic heterocycles. The van der Waals surface area contributed by atoms with Gasteiger partial charge in [-0.05, 0) is 49.2 Å². The summed E-state index contributed by atoms with van der Waals surface area (Å²) in [7, 11) is 1.66. The maximum atomic E-state index is 13.0. The highest BCUT2D eigenvalue weighted by molar-refractivity contribution is 5.94. The topological polar surface area (TPSA) is 41.6 Å². The van der Waals surface area contributed by atoms with Gasteiger partial charge in [0.1, 0.15) is 11.6 Å². The predicted molar refractivity (Wildman–Crippen MR) is 91.9 cm³/mol. The predicted octanol–water partition coefficient (Wildman–Crippen LogP) is 3.55. The van der Waals surface area contributed by atoms with E-state index in [1.165, 1.54) is 24.3 Å². The molecule has 126 valence electrons. The van der Waals surface area contributed by atoms with Crippen molar-refractivity contribution in [3.8, 4) is 5.75 Å². The molecular weight excluding hydrogens is 307 g/mol. The SMILES string of the molecule is COc1ccccc1NC1CCN(C(=O)c2ccc(F)cc2)CC1. The Bertz CT molecular complexity index is 695. The van der Waals surface area contributed by atoms with Crippen LogP contribution in [0, 0.1) is 5.82 Å². The van der Waals surface area contributed by atoms with Gasteiger partial charge in [0.15, 0.2) is 0 Å². The second kappa shape index (κ2) is 7.34. The molecule has 0 aliphatic carbocycles. The third kappa shape index (κ3) is 3.67. The Morgan fingerprint density at radius 3 is 2.46 bits per heavy atom. The van der Waals surface area contributed by atoms with Gasteiger partial charge in [0.05, 0.1) is 12.8 Å². The Labute approximate surface area is 141 Å². The summed E-state index contributed by atoms with van der Waals surface area (Å²) in [4.78, 5) is 14.3. The number of methoxy groups -OCH3 is 1. The molecule has 2 aromatic rings. The fourth-order valence-electron chi connectivity index (χ4n) is 2.99. The number of piperidine rings is 1. The van der Waals surface area contributed by atoms with Crippen LogP contribution in [0.25, 0.3) is 0 Å². The number of benzene rings is 2. The van der Waals surface area contributed by atoms with Gasteiger partial charge in [0.25, 0.3) is 5.91 Å². The van der Waals surface area contributed by atoms with E-state index in [2.05, 4.69) is 5.32 Å². The van der Waals surface area contributed by atoms with Crippen molar-refractivity contribution in [1.29, 1.82) is 0 Å². The second-order valence-electron chi connectivity index (χ2n) is 5.92. The molecule has 24 heavy (non-hydrogen) atoms. The standard InChI is InChI=1S/C19H21FN2O2/c1-24-18-5-3-2-4-17(18)21-16-10-12-22(13-11-16)19(23)14-6-8-15(20)9-7-14/h2-9,16,21H,10-13H2,1H3. The van der Waals surface area contributed by atoms with Crippen LogP contribution in [0.5, 0.6) is 5.75 Å². The fourth-order valence-corrected chi connectivity index (χ4v) is 2.99. The summed E-state index contributed by atoms with van der Waals surface area (Å²) in [5.41, 5.74) is 1.51. The van der Waals surface area contributed by atoms with Crippen LogP contribution >= 0.6 is 0 Å². The number of carbonyl (C=O) groups is 1. The number of carbonyl (C=O) groups excluding carboxylic acids is 1. The third-order valence-electron chi connectivity index (χ3n) is 4.34. The molecule has 1 amide bonds. The van der Waals surface area contributed by atoms with E-state index in [4.69, 9.17) is 4.74 Å². The zero-order chi connectivity index (χ0) is 16.9. The van der Waals surface area contributed by atoms with Crippen molar-refractivity contribution >= 4 is 11.6 Å². The minimum Gasteiger partial charge on any atom is -0.495 e. The quantitative estimate of drug-likeness (QED) is 0.933. The van der Waals surface area contributed by atoms with Crippen LogP contribution in [0.1, 0.15) is 23.2 Å². The summed E-state index contributed by atoms with van der Waals surface area (Å²) in [6, 6.07) is 13.9. The monoisotopic (exact) mass is 328 g/mol. The minimum atomic E-state index is -0.328. The van der Waals surface area contributed by atoms with E-state index >= 15 is 0 Å². The van der Waals surface area contributed by atoms with Gasteiger partial charge in [-0.2, -0.15) is 0 Å². The lowest BCUT2D eigenvalue weighted by Crippen LogP contribution is -2.42. The number of halogens is 1. The van der Waals surface area contributed by atoms with Crippen molar-refractivity contribution in [2.24, 2.45) is 0 Å². The second-order valence-corrected chi connectivity index (χ2v) is 5.92. The molecule has 3 rings (SSSR count). The number of anilines is 1. The highest BCUT2D eigenvalue weighted by Gasteiger charge is 2.24. The van der Waals surface area contributed by atoms with Gasteiger partial charge in [0.2, 0.25) is 0 Å². The lowest BCUT2D eigenvalue weighted by molar-refractivity contribution is 0.0718. The molecule has 0 radical (unpaired) electrons. The smallest absolute Gasteiger partial charge is 0.253 e. The van der Waals surface area contributed by atoms with E-state index in [9.17, 15) is 9.18 Å². The number of rotatable bonds is 4. The van der Waals surface area contributed by atoms with Crippen LogP contribution in [0.15, 0.2) is 48.5 Å². The summed E-state index contributed by atoms with van der Waals surface area (Å²) in [5, 5.41) is 3.49. The van der Waals surface area contributed by atoms with Gasteiger partial charge in [-0.15, -0.1) is 0 Å². The van der Waals surface area contributed by atoms with Crippen molar-refractivity contribution in [2.45, 2.75) is 18.9 Å². The molecule has 4 nitrogen and oxygen atoms in total.